The van der Waals surface area contributed by atoms with Gasteiger partial charge in [-0.15, -0.1) is 0 Å². The molecule has 1 aromatic carbocycles. The van der Waals surface area contributed by atoms with Crippen LogP contribution in [0.1, 0.15) is 41.5 Å². The minimum atomic E-state index is -2.09. The van der Waals surface area contributed by atoms with Crippen molar-refractivity contribution in [2.45, 2.75) is 64.7 Å². The van der Waals surface area contributed by atoms with Crippen molar-refractivity contribution in [3.05, 3.63) is 24.3 Å². The zero-order chi connectivity index (χ0) is 16.0. The van der Waals surface area contributed by atoms with Gasteiger partial charge < -0.3 is 0 Å². The standard InChI is InChI=1S/C16H28Cl2Si2/c1-15(2,3)19(7,17)13-11-9-10-12-14(13)20(8,18)16(4,5)6/h9-12H,1-8H3/t19-,20-/m0/s1. The van der Waals surface area contributed by atoms with E-state index in [1.54, 1.807) is 0 Å². The molecule has 0 nitrogen and oxygen atoms in total. The zero-order valence-electron chi connectivity index (χ0n) is 14.1. The van der Waals surface area contributed by atoms with Crippen LogP contribution >= 0.6 is 22.2 Å². The summed E-state index contributed by atoms with van der Waals surface area (Å²) in [7, 11) is -4.18. The van der Waals surface area contributed by atoms with Crippen LogP contribution < -0.4 is 10.4 Å². The van der Waals surface area contributed by atoms with Gasteiger partial charge in [-0.3, -0.25) is 0 Å². The number of hydrogen-bond donors (Lipinski definition) is 0. The van der Waals surface area contributed by atoms with Gasteiger partial charge in [-0.25, -0.2) is 0 Å². The second kappa shape index (κ2) is 5.46. The van der Waals surface area contributed by atoms with Crippen molar-refractivity contribution in [3.63, 3.8) is 0 Å². The van der Waals surface area contributed by atoms with Crippen LogP contribution in [0.15, 0.2) is 24.3 Å². The highest BCUT2D eigenvalue weighted by Crippen LogP contribution is 2.41. The molecule has 0 saturated carbocycles. The van der Waals surface area contributed by atoms with Crippen molar-refractivity contribution < 1.29 is 0 Å². The minimum Gasteiger partial charge on any atom is -0.161 e. The van der Waals surface area contributed by atoms with Crippen LogP contribution in [0.2, 0.25) is 23.2 Å². The molecular formula is C16H28Cl2Si2. The number of halogens is 2. The van der Waals surface area contributed by atoms with Crippen LogP contribution in [0.3, 0.4) is 0 Å². The average Bonchev–Trinajstić information content (AvgIpc) is 2.26. The van der Waals surface area contributed by atoms with Crippen LogP contribution in [0.25, 0.3) is 0 Å². The minimum absolute atomic E-state index is 0.101. The first-order valence-electron chi connectivity index (χ1n) is 7.21. The molecule has 2 atom stereocenters. The van der Waals surface area contributed by atoms with Gasteiger partial charge in [0.25, 0.3) is 0 Å². The Labute approximate surface area is 136 Å². The monoisotopic (exact) mass is 346 g/mol. The highest BCUT2D eigenvalue weighted by atomic mass is 35.6. The van der Waals surface area contributed by atoms with E-state index in [2.05, 4.69) is 78.9 Å². The van der Waals surface area contributed by atoms with Gasteiger partial charge in [0.2, 0.25) is 0 Å². The SMILES string of the molecule is CC(C)(C)[Si@@](C)(Cl)c1ccccc1[Si@](C)(Cl)C(C)(C)C. The molecule has 0 radical (unpaired) electrons. The fraction of sp³-hybridized carbons (Fsp3) is 0.625. The van der Waals surface area contributed by atoms with E-state index < -0.39 is 14.8 Å². The van der Waals surface area contributed by atoms with Crippen molar-refractivity contribution in [3.8, 4) is 0 Å². The molecule has 4 heteroatoms. The van der Waals surface area contributed by atoms with Gasteiger partial charge >= 0.3 is 0 Å². The predicted molar refractivity (Wildman–Crippen MR) is 100 cm³/mol. The van der Waals surface area contributed by atoms with E-state index in [-0.39, 0.29) is 10.1 Å². The number of rotatable bonds is 2. The lowest BCUT2D eigenvalue weighted by atomic mass is 10.2. The molecule has 0 aliphatic rings. The van der Waals surface area contributed by atoms with Gasteiger partial charge in [-0.1, -0.05) is 78.9 Å². The molecule has 0 bridgehead atoms. The van der Waals surface area contributed by atoms with Gasteiger partial charge in [0.1, 0.15) is 0 Å². The summed E-state index contributed by atoms with van der Waals surface area (Å²) in [5.74, 6) is 0. The molecular weight excluding hydrogens is 319 g/mol. The molecule has 0 aliphatic carbocycles. The molecule has 0 aromatic heterocycles. The maximum atomic E-state index is 7.10. The molecule has 1 aromatic rings. The Morgan fingerprint density at radius 1 is 0.700 bits per heavy atom. The first-order valence-corrected chi connectivity index (χ1v) is 14.2. The summed E-state index contributed by atoms with van der Waals surface area (Å²) in [6.07, 6.45) is 0. The van der Waals surface area contributed by atoms with E-state index in [0.717, 1.165) is 0 Å². The lowest BCUT2D eigenvalue weighted by Gasteiger charge is -2.41. The predicted octanol–water partition coefficient (Wildman–Crippen LogP) is 5.33. The molecule has 114 valence electrons. The third kappa shape index (κ3) is 3.19. The van der Waals surface area contributed by atoms with E-state index in [1.165, 1.54) is 10.4 Å². The first-order chi connectivity index (χ1) is 8.73. The fourth-order valence-electron chi connectivity index (χ4n) is 2.11. The van der Waals surface area contributed by atoms with Gasteiger partial charge in [0.05, 0.1) is 0 Å². The molecule has 0 unspecified atom stereocenters. The Balaban J connectivity index is 3.55. The van der Waals surface area contributed by atoms with Crippen molar-refractivity contribution in [2.75, 3.05) is 0 Å². The van der Waals surface area contributed by atoms with Gasteiger partial charge in [-0.05, 0) is 20.4 Å². The normalized spacial score (nSPS) is 19.3. The molecule has 0 spiro atoms. The summed E-state index contributed by atoms with van der Waals surface area (Å²) in [6, 6.07) is 8.61. The molecule has 20 heavy (non-hydrogen) atoms. The zero-order valence-corrected chi connectivity index (χ0v) is 17.6. The molecule has 0 aliphatic heterocycles. The second-order valence-electron chi connectivity index (χ2n) is 8.05. The third-order valence-corrected chi connectivity index (χ3v) is 18.2. The first kappa shape index (κ1) is 18.3. The molecule has 0 N–H and O–H groups in total. The van der Waals surface area contributed by atoms with Gasteiger partial charge in [0.15, 0.2) is 14.8 Å². The van der Waals surface area contributed by atoms with Crippen LogP contribution in [0.5, 0.6) is 0 Å². The quantitative estimate of drug-likeness (QED) is 0.501. The highest BCUT2D eigenvalue weighted by molar-refractivity contribution is 7.34. The largest absolute Gasteiger partial charge is 0.189 e. The Hall–Kier alpha value is 0.234. The van der Waals surface area contributed by atoms with E-state index in [9.17, 15) is 0 Å². The van der Waals surface area contributed by atoms with Gasteiger partial charge in [-0.2, -0.15) is 22.2 Å². The van der Waals surface area contributed by atoms with E-state index in [4.69, 9.17) is 22.2 Å². The summed E-state index contributed by atoms with van der Waals surface area (Å²) in [6.45, 7) is 18.0. The molecule has 0 heterocycles. The van der Waals surface area contributed by atoms with Crippen molar-refractivity contribution in [1.82, 2.24) is 0 Å². The Morgan fingerprint density at radius 2 is 0.950 bits per heavy atom. The average molecular weight is 347 g/mol. The maximum Gasteiger partial charge on any atom is 0.189 e. The number of hydrogen-bond acceptors (Lipinski definition) is 0. The summed E-state index contributed by atoms with van der Waals surface area (Å²) >= 11 is 14.2. The molecule has 0 amide bonds. The lowest BCUT2D eigenvalue weighted by molar-refractivity contribution is 0.737. The van der Waals surface area contributed by atoms with E-state index in [0.29, 0.717) is 0 Å². The summed E-state index contributed by atoms with van der Waals surface area (Å²) in [4.78, 5) is 0. The lowest BCUT2D eigenvalue weighted by Crippen LogP contribution is -2.62. The highest BCUT2D eigenvalue weighted by Gasteiger charge is 2.47. The summed E-state index contributed by atoms with van der Waals surface area (Å²) in [5, 5.41) is 2.86. The van der Waals surface area contributed by atoms with Crippen LogP contribution in [-0.2, 0) is 0 Å². The Bertz CT molecular complexity index is 435. The third-order valence-electron chi connectivity index (χ3n) is 4.76. The maximum absolute atomic E-state index is 7.10. The second-order valence-corrected chi connectivity index (χ2v) is 20.7. The van der Waals surface area contributed by atoms with Crippen LogP contribution in [0, 0.1) is 0 Å². The summed E-state index contributed by atoms with van der Waals surface area (Å²) in [5.41, 5.74) is 0. The summed E-state index contributed by atoms with van der Waals surface area (Å²) < 4.78 is 0. The Morgan fingerprint density at radius 3 is 1.15 bits per heavy atom. The van der Waals surface area contributed by atoms with E-state index >= 15 is 0 Å². The molecule has 0 saturated heterocycles. The van der Waals surface area contributed by atoms with E-state index in [1.807, 2.05) is 0 Å². The number of benzene rings is 1. The van der Waals surface area contributed by atoms with Crippen LogP contribution in [0.4, 0.5) is 0 Å². The topological polar surface area (TPSA) is 0 Å². The van der Waals surface area contributed by atoms with Crippen molar-refractivity contribution in [2.24, 2.45) is 0 Å². The molecule has 0 fully saturated rings. The van der Waals surface area contributed by atoms with Crippen molar-refractivity contribution >= 4 is 47.3 Å². The van der Waals surface area contributed by atoms with Crippen LogP contribution in [-0.4, -0.2) is 14.8 Å². The Kier molecular flexibility index (Phi) is 4.99. The van der Waals surface area contributed by atoms with Gasteiger partial charge in [0, 0.05) is 0 Å². The molecule has 1 rings (SSSR count). The smallest absolute Gasteiger partial charge is 0.161 e. The van der Waals surface area contributed by atoms with Crippen molar-refractivity contribution in [1.29, 1.82) is 0 Å². The fourth-order valence-corrected chi connectivity index (χ4v) is 8.69.